The zero-order valence-electron chi connectivity index (χ0n) is 13.4. The number of rotatable bonds is 5. The van der Waals surface area contributed by atoms with Crippen molar-refractivity contribution >= 4 is 34.6 Å². The van der Waals surface area contributed by atoms with Gasteiger partial charge in [-0.2, -0.15) is 0 Å². The molecule has 122 valence electrons. The van der Waals surface area contributed by atoms with Crippen molar-refractivity contribution in [3.63, 3.8) is 0 Å². The van der Waals surface area contributed by atoms with Gasteiger partial charge < -0.3 is 15.5 Å². The molecule has 1 aliphatic heterocycles. The third-order valence-corrected chi connectivity index (χ3v) is 4.45. The summed E-state index contributed by atoms with van der Waals surface area (Å²) in [7, 11) is 0. The molecule has 1 saturated heterocycles. The average Bonchev–Trinajstić information content (AvgIpc) is 2.42. The maximum atomic E-state index is 5.96. The Bertz CT molecular complexity index is 485. The minimum Gasteiger partial charge on any atom is -0.362 e. The van der Waals surface area contributed by atoms with Crippen LogP contribution in [0.2, 0.25) is 5.02 Å². The number of nitrogens with one attached hydrogen (secondary N) is 2. The Labute approximate surface area is 144 Å². The van der Waals surface area contributed by atoms with Crippen molar-refractivity contribution in [2.75, 3.05) is 31.5 Å². The topological polar surface area (TPSA) is 27.3 Å². The minimum atomic E-state index is 0.655. The Morgan fingerprint density at radius 1 is 1.32 bits per heavy atom. The fraction of sp³-hybridized carbons (Fsp3) is 0.588. The quantitative estimate of drug-likeness (QED) is 0.626. The Morgan fingerprint density at radius 2 is 2.05 bits per heavy atom. The summed E-state index contributed by atoms with van der Waals surface area (Å²) in [5.74, 6) is 1.64. The van der Waals surface area contributed by atoms with E-state index >= 15 is 0 Å². The normalized spacial score (nSPS) is 22.3. The van der Waals surface area contributed by atoms with E-state index in [9.17, 15) is 0 Å². The highest BCUT2D eigenvalue weighted by molar-refractivity contribution is 7.80. The molecule has 0 bridgehead atoms. The molecule has 0 aliphatic carbocycles. The van der Waals surface area contributed by atoms with E-state index in [2.05, 4.69) is 29.4 Å². The third-order valence-electron chi connectivity index (χ3n) is 3.96. The van der Waals surface area contributed by atoms with E-state index in [1.165, 1.54) is 19.5 Å². The molecule has 2 N–H and O–H groups in total. The lowest BCUT2D eigenvalue weighted by atomic mass is 9.92. The fourth-order valence-electron chi connectivity index (χ4n) is 3.22. The number of nitrogens with zero attached hydrogens (tertiary/aromatic N) is 1. The molecule has 1 aromatic carbocycles. The molecule has 1 fully saturated rings. The first kappa shape index (κ1) is 17.5. The zero-order valence-corrected chi connectivity index (χ0v) is 15.0. The van der Waals surface area contributed by atoms with Crippen LogP contribution in [-0.2, 0) is 0 Å². The van der Waals surface area contributed by atoms with Gasteiger partial charge in [0.2, 0.25) is 0 Å². The number of piperidine rings is 1. The van der Waals surface area contributed by atoms with Crippen LogP contribution >= 0.6 is 23.8 Å². The third kappa shape index (κ3) is 6.11. The molecule has 0 saturated carbocycles. The second-order valence-corrected chi connectivity index (χ2v) is 7.30. The van der Waals surface area contributed by atoms with Gasteiger partial charge in [0.05, 0.1) is 0 Å². The largest absolute Gasteiger partial charge is 0.362 e. The molecule has 3 nitrogen and oxygen atoms in total. The first-order valence-electron chi connectivity index (χ1n) is 8.05. The number of hydrogen-bond donors (Lipinski definition) is 2. The highest BCUT2D eigenvalue weighted by Crippen LogP contribution is 2.20. The fourth-order valence-corrected chi connectivity index (χ4v) is 3.63. The molecule has 1 heterocycles. The summed E-state index contributed by atoms with van der Waals surface area (Å²) >= 11 is 11.3. The van der Waals surface area contributed by atoms with Gasteiger partial charge in [0.1, 0.15) is 0 Å². The molecule has 1 aliphatic rings. The van der Waals surface area contributed by atoms with Crippen molar-refractivity contribution < 1.29 is 0 Å². The molecule has 0 amide bonds. The lowest BCUT2D eigenvalue weighted by Crippen LogP contribution is -2.40. The van der Waals surface area contributed by atoms with Crippen molar-refractivity contribution in [1.82, 2.24) is 10.2 Å². The number of thiocarbonyl (C=S) groups is 1. The number of hydrogen-bond acceptors (Lipinski definition) is 2. The van der Waals surface area contributed by atoms with Gasteiger partial charge in [-0.05, 0) is 61.6 Å². The van der Waals surface area contributed by atoms with Crippen LogP contribution in [0.5, 0.6) is 0 Å². The van der Waals surface area contributed by atoms with Crippen molar-refractivity contribution in [3.8, 4) is 0 Å². The summed E-state index contributed by atoms with van der Waals surface area (Å²) in [6.45, 7) is 9.20. The Hall–Kier alpha value is -0.840. The summed E-state index contributed by atoms with van der Waals surface area (Å²) in [6, 6.07) is 7.58. The lowest BCUT2D eigenvalue weighted by Gasteiger charge is -2.34. The van der Waals surface area contributed by atoms with Gasteiger partial charge in [0.15, 0.2) is 5.11 Å². The number of anilines is 1. The van der Waals surface area contributed by atoms with Crippen LogP contribution in [0.3, 0.4) is 0 Å². The average molecular weight is 340 g/mol. The molecule has 1 aromatic rings. The van der Waals surface area contributed by atoms with E-state index in [-0.39, 0.29) is 0 Å². The molecule has 22 heavy (non-hydrogen) atoms. The van der Waals surface area contributed by atoms with Crippen molar-refractivity contribution in [1.29, 1.82) is 0 Å². The molecular formula is C17H26ClN3S. The first-order valence-corrected chi connectivity index (χ1v) is 8.84. The van der Waals surface area contributed by atoms with E-state index in [0.717, 1.165) is 37.0 Å². The summed E-state index contributed by atoms with van der Waals surface area (Å²) < 4.78 is 0. The molecule has 5 heteroatoms. The molecule has 2 atom stereocenters. The van der Waals surface area contributed by atoms with E-state index < -0.39 is 0 Å². The predicted molar refractivity (Wildman–Crippen MR) is 99.7 cm³/mol. The van der Waals surface area contributed by atoms with Gasteiger partial charge in [-0.15, -0.1) is 0 Å². The van der Waals surface area contributed by atoms with Gasteiger partial charge >= 0.3 is 0 Å². The van der Waals surface area contributed by atoms with Crippen LogP contribution in [0.15, 0.2) is 24.3 Å². The first-order chi connectivity index (χ1) is 10.5. The minimum absolute atomic E-state index is 0.655. The summed E-state index contributed by atoms with van der Waals surface area (Å²) in [4.78, 5) is 2.58. The van der Waals surface area contributed by atoms with Crippen molar-refractivity contribution in [3.05, 3.63) is 29.3 Å². The molecule has 2 rings (SSSR count). The van der Waals surface area contributed by atoms with Gasteiger partial charge in [0.25, 0.3) is 0 Å². The van der Waals surface area contributed by atoms with Crippen molar-refractivity contribution in [2.24, 2.45) is 11.8 Å². The van der Waals surface area contributed by atoms with Gasteiger partial charge in [-0.3, -0.25) is 0 Å². The van der Waals surface area contributed by atoms with Crippen LogP contribution in [0.25, 0.3) is 0 Å². The summed E-state index contributed by atoms with van der Waals surface area (Å²) in [6.07, 6.45) is 2.47. The predicted octanol–water partition coefficient (Wildman–Crippen LogP) is 3.99. The number of halogens is 1. The summed E-state index contributed by atoms with van der Waals surface area (Å²) in [5.41, 5.74) is 0.920. The second-order valence-electron chi connectivity index (χ2n) is 6.45. The maximum absolute atomic E-state index is 5.96. The van der Waals surface area contributed by atoms with E-state index in [4.69, 9.17) is 23.8 Å². The standard InChI is InChI=1S/C17H26ClN3S/c1-13-9-14(2)12-21(11-13)8-4-7-19-17(22)20-16-6-3-5-15(18)10-16/h3,5-6,10,13-14H,4,7-9,11-12H2,1-2H3,(H2,19,20,22)/t13-,14-/m0/s1. The smallest absolute Gasteiger partial charge is 0.170 e. The van der Waals surface area contributed by atoms with Gasteiger partial charge in [-0.1, -0.05) is 31.5 Å². The lowest BCUT2D eigenvalue weighted by molar-refractivity contribution is 0.140. The SMILES string of the molecule is C[C@H]1C[C@H](C)CN(CCCNC(=S)Nc2cccc(Cl)c2)C1. The van der Waals surface area contributed by atoms with E-state index in [1.807, 2.05) is 24.3 Å². The van der Waals surface area contributed by atoms with Crippen LogP contribution < -0.4 is 10.6 Å². The van der Waals surface area contributed by atoms with Gasteiger partial charge in [-0.25, -0.2) is 0 Å². The van der Waals surface area contributed by atoms with Gasteiger partial charge in [0, 0.05) is 30.3 Å². The Balaban J connectivity index is 1.63. The summed E-state index contributed by atoms with van der Waals surface area (Å²) in [5, 5.41) is 7.79. The number of likely N-dealkylation sites (tertiary alicyclic amines) is 1. The van der Waals surface area contributed by atoms with Crippen LogP contribution in [-0.4, -0.2) is 36.2 Å². The Morgan fingerprint density at radius 3 is 2.73 bits per heavy atom. The molecule has 0 spiro atoms. The van der Waals surface area contributed by atoms with Crippen LogP contribution in [0, 0.1) is 11.8 Å². The van der Waals surface area contributed by atoms with Crippen LogP contribution in [0.1, 0.15) is 26.7 Å². The van der Waals surface area contributed by atoms with Crippen molar-refractivity contribution in [2.45, 2.75) is 26.7 Å². The second kappa shape index (κ2) is 8.70. The Kier molecular flexibility index (Phi) is 6.93. The molecule has 0 radical (unpaired) electrons. The number of benzene rings is 1. The molecule has 0 aromatic heterocycles. The van der Waals surface area contributed by atoms with E-state index in [0.29, 0.717) is 10.1 Å². The maximum Gasteiger partial charge on any atom is 0.170 e. The monoisotopic (exact) mass is 339 g/mol. The van der Waals surface area contributed by atoms with Crippen LogP contribution in [0.4, 0.5) is 5.69 Å². The highest BCUT2D eigenvalue weighted by Gasteiger charge is 2.20. The zero-order chi connectivity index (χ0) is 15.9. The highest BCUT2D eigenvalue weighted by atomic mass is 35.5. The van der Waals surface area contributed by atoms with E-state index in [1.54, 1.807) is 0 Å². The molecular weight excluding hydrogens is 314 g/mol. The molecule has 0 unspecified atom stereocenters.